The number of benzene rings is 2. The number of aryl methyl sites for hydroxylation is 2. The summed E-state index contributed by atoms with van der Waals surface area (Å²) in [6.45, 7) is 3.69. The number of nitrogens with one attached hydrogen (secondary N) is 2. The summed E-state index contributed by atoms with van der Waals surface area (Å²) < 4.78 is 0. The number of anilines is 1. The minimum absolute atomic E-state index is 0.141. The van der Waals surface area contributed by atoms with Crippen molar-refractivity contribution in [2.75, 3.05) is 11.1 Å². The van der Waals surface area contributed by atoms with Crippen LogP contribution >= 0.6 is 23.4 Å². The number of amides is 1. The monoisotopic (exact) mass is 413 g/mol. The molecule has 0 aliphatic rings. The van der Waals surface area contributed by atoms with Crippen LogP contribution in [-0.4, -0.2) is 21.6 Å². The molecule has 0 aliphatic heterocycles. The molecule has 0 bridgehead atoms. The number of thioether (sulfide) groups is 1. The van der Waals surface area contributed by atoms with Gasteiger partial charge in [0.25, 0.3) is 5.56 Å². The number of H-pyrrole nitrogens is 1. The number of carbonyl (C=O) groups is 1. The quantitative estimate of drug-likeness (QED) is 0.465. The first kappa shape index (κ1) is 20.2. The maximum Gasteiger partial charge on any atom is 0.255 e. The largest absolute Gasteiger partial charge is 0.325 e. The average molecular weight is 414 g/mol. The van der Waals surface area contributed by atoms with Crippen molar-refractivity contribution in [2.24, 2.45) is 0 Å². The van der Waals surface area contributed by atoms with Crippen molar-refractivity contribution in [1.82, 2.24) is 9.97 Å². The molecule has 0 radical (unpaired) electrons. The van der Waals surface area contributed by atoms with E-state index in [9.17, 15) is 9.59 Å². The lowest BCUT2D eigenvalue weighted by molar-refractivity contribution is -0.113. The van der Waals surface area contributed by atoms with Gasteiger partial charge in [0, 0.05) is 28.4 Å². The van der Waals surface area contributed by atoms with E-state index in [1.54, 1.807) is 18.2 Å². The zero-order chi connectivity index (χ0) is 20.1. The second-order valence-electron chi connectivity index (χ2n) is 6.39. The topological polar surface area (TPSA) is 74.8 Å². The van der Waals surface area contributed by atoms with Gasteiger partial charge in [-0.3, -0.25) is 9.59 Å². The molecule has 144 valence electrons. The summed E-state index contributed by atoms with van der Waals surface area (Å²) in [5.41, 5.74) is 3.79. The summed E-state index contributed by atoms with van der Waals surface area (Å²) in [6, 6.07) is 15.1. The third kappa shape index (κ3) is 5.24. The van der Waals surface area contributed by atoms with E-state index in [1.165, 1.54) is 11.8 Å². The molecule has 7 heteroatoms. The Bertz CT molecular complexity index is 1050. The van der Waals surface area contributed by atoms with Gasteiger partial charge in [-0.05, 0) is 43.2 Å². The van der Waals surface area contributed by atoms with E-state index in [0.717, 1.165) is 11.1 Å². The highest BCUT2D eigenvalue weighted by molar-refractivity contribution is 7.99. The molecule has 0 atom stereocenters. The third-order valence-corrected chi connectivity index (χ3v) is 5.34. The van der Waals surface area contributed by atoms with Crippen LogP contribution in [0, 0.1) is 13.8 Å². The van der Waals surface area contributed by atoms with Crippen LogP contribution in [0.4, 0.5) is 5.69 Å². The molecule has 0 saturated heterocycles. The molecule has 3 rings (SSSR count). The average Bonchev–Trinajstić information content (AvgIpc) is 2.66. The molecule has 1 amide bonds. The highest BCUT2D eigenvalue weighted by atomic mass is 35.5. The van der Waals surface area contributed by atoms with E-state index in [-0.39, 0.29) is 17.2 Å². The standard InChI is InChI=1S/C21H20ClN3O2S/c1-13-10-16(22)8-9-18(13)24-19(26)12-28-21-23-14(2)17(20(27)25-21)11-15-6-4-3-5-7-15/h3-10H,11-12H2,1-2H3,(H,24,26)(H,23,25,27). The van der Waals surface area contributed by atoms with E-state index in [0.29, 0.717) is 33.5 Å². The van der Waals surface area contributed by atoms with Gasteiger partial charge in [0.1, 0.15) is 0 Å². The Morgan fingerprint density at radius 3 is 2.61 bits per heavy atom. The highest BCUT2D eigenvalue weighted by Crippen LogP contribution is 2.20. The van der Waals surface area contributed by atoms with E-state index < -0.39 is 0 Å². The molecule has 2 aromatic carbocycles. The van der Waals surface area contributed by atoms with Crippen LogP contribution in [0.2, 0.25) is 5.02 Å². The lowest BCUT2D eigenvalue weighted by Gasteiger charge is -2.09. The zero-order valence-electron chi connectivity index (χ0n) is 15.6. The number of halogens is 1. The van der Waals surface area contributed by atoms with Crippen LogP contribution in [0.15, 0.2) is 58.5 Å². The summed E-state index contributed by atoms with van der Waals surface area (Å²) in [5.74, 6) is -0.0354. The van der Waals surface area contributed by atoms with E-state index in [1.807, 2.05) is 44.2 Å². The summed E-state index contributed by atoms with van der Waals surface area (Å²) >= 11 is 7.12. The second-order valence-corrected chi connectivity index (χ2v) is 7.79. The van der Waals surface area contributed by atoms with Gasteiger partial charge in [0.15, 0.2) is 5.16 Å². The first-order chi connectivity index (χ1) is 13.4. The van der Waals surface area contributed by atoms with Crippen LogP contribution < -0.4 is 10.9 Å². The molecule has 2 N–H and O–H groups in total. The lowest BCUT2D eigenvalue weighted by Crippen LogP contribution is -2.19. The van der Waals surface area contributed by atoms with Crippen LogP contribution in [0.3, 0.4) is 0 Å². The fraction of sp³-hybridized carbons (Fsp3) is 0.190. The van der Waals surface area contributed by atoms with Crippen molar-refractivity contribution >= 4 is 35.0 Å². The van der Waals surface area contributed by atoms with Crippen LogP contribution in [0.5, 0.6) is 0 Å². The van der Waals surface area contributed by atoms with Crippen LogP contribution in [0.25, 0.3) is 0 Å². The number of hydrogen-bond acceptors (Lipinski definition) is 4. The molecule has 0 aliphatic carbocycles. The van der Waals surface area contributed by atoms with Crippen LogP contribution in [0.1, 0.15) is 22.4 Å². The van der Waals surface area contributed by atoms with Gasteiger partial charge in [-0.25, -0.2) is 4.98 Å². The molecular weight excluding hydrogens is 394 g/mol. The van der Waals surface area contributed by atoms with Gasteiger partial charge in [-0.1, -0.05) is 53.7 Å². The first-order valence-electron chi connectivity index (χ1n) is 8.75. The van der Waals surface area contributed by atoms with Gasteiger partial charge < -0.3 is 10.3 Å². The van der Waals surface area contributed by atoms with Gasteiger partial charge in [0.2, 0.25) is 5.91 Å². The molecule has 1 heterocycles. The lowest BCUT2D eigenvalue weighted by atomic mass is 10.1. The molecule has 1 aromatic heterocycles. The highest BCUT2D eigenvalue weighted by Gasteiger charge is 2.12. The van der Waals surface area contributed by atoms with Crippen molar-refractivity contribution in [3.05, 3.63) is 86.3 Å². The minimum Gasteiger partial charge on any atom is -0.325 e. The number of nitrogens with zero attached hydrogens (tertiary/aromatic N) is 1. The second kappa shape index (κ2) is 9.08. The number of aromatic amines is 1. The first-order valence-corrected chi connectivity index (χ1v) is 10.1. The van der Waals surface area contributed by atoms with Gasteiger partial charge >= 0.3 is 0 Å². The molecule has 0 fully saturated rings. The normalized spacial score (nSPS) is 10.7. The maximum atomic E-state index is 12.5. The minimum atomic E-state index is -0.177. The summed E-state index contributed by atoms with van der Waals surface area (Å²) in [6.07, 6.45) is 0.524. The molecular formula is C21H20ClN3O2S. The molecule has 3 aromatic rings. The smallest absolute Gasteiger partial charge is 0.255 e. The Morgan fingerprint density at radius 1 is 1.18 bits per heavy atom. The Labute approximate surface area is 172 Å². The molecule has 0 saturated carbocycles. The molecule has 0 unspecified atom stereocenters. The van der Waals surface area contributed by atoms with Gasteiger partial charge in [0.05, 0.1) is 5.75 Å². The molecule has 0 spiro atoms. The van der Waals surface area contributed by atoms with Crippen molar-refractivity contribution in [2.45, 2.75) is 25.4 Å². The molecule has 5 nitrogen and oxygen atoms in total. The predicted octanol–water partition coefficient (Wildman–Crippen LogP) is 4.36. The Balaban J connectivity index is 1.64. The number of hydrogen-bond donors (Lipinski definition) is 2. The van der Waals surface area contributed by atoms with Crippen molar-refractivity contribution < 1.29 is 4.79 Å². The number of aromatic nitrogens is 2. The Morgan fingerprint density at radius 2 is 1.93 bits per heavy atom. The van der Waals surface area contributed by atoms with E-state index >= 15 is 0 Å². The van der Waals surface area contributed by atoms with Crippen molar-refractivity contribution in [3.8, 4) is 0 Å². The van der Waals surface area contributed by atoms with Gasteiger partial charge in [-0.2, -0.15) is 0 Å². The number of rotatable bonds is 6. The van der Waals surface area contributed by atoms with Crippen molar-refractivity contribution in [3.63, 3.8) is 0 Å². The summed E-state index contributed by atoms with van der Waals surface area (Å²) in [4.78, 5) is 31.9. The number of carbonyl (C=O) groups excluding carboxylic acids is 1. The Hall–Kier alpha value is -2.57. The fourth-order valence-electron chi connectivity index (χ4n) is 2.75. The zero-order valence-corrected chi connectivity index (χ0v) is 17.2. The van der Waals surface area contributed by atoms with Crippen molar-refractivity contribution in [1.29, 1.82) is 0 Å². The molecule has 28 heavy (non-hydrogen) atoms. The fourth-order valence-corrected chi connectivity index (χ4v) is 3.68. The third-order valence-electron chi connectivity index (χ3n) is 4.23. The predicted molar refractivity (Wildman–Crippen MR) is 114 cm³/mol. The van der Waals surface area contributed by atoms with Crippen LogP contribution in [-0.2, 0) is 11.2 Å². The van der Waals surface area contributed by atoms with E-state index in [4.69, 9.17) is 11.6 Å². The van der Waals surface area contributed by atoms with E-state index in [2.05, 4.69) is 15.3 Å². The summed E-state index contributed by atoms with van der Waals surface area (Å²) in [7, 11) is 0. The SMILES string of the molecule is Cc1cc(Cl)ccc1NC(=O)CSc1nc(C)c(Cc2ccccc2)c(=O)[nH]1. The maximum absolute atomic E-state index is 12.5. The summed E-state index contributed by atoms with van der Waals surface area (Å²) in [5, 5.41) is 3.90. The van der Waals surface area contributed by atoms with Gasteiger partial charge in [-0.15, -0.1) is 0 Å². The Kier molecular flexibility index (Phi) is 6.54.